The maximum absolute atomic E-state index is 14.6. The van der Waals surface area contributed by atoms with E-state index < -0.39 is 11.5 Å². The molecule has 0 saturated carbocycles. The van der Waals surface area contributed by atoms with Crippen LogP contribution in [0, 0.1) is 5.82 Å². The Morgan fingerprint density at radius 1 is 1.25 bits per heavy atom. The molecule has 1 N–H and O–H groups in total. The van der Waals surface area contributed by atoms with E-state index in [9.17, 15) is 8.78 Å². The fourth-order valence-electron chi connectivity index (χ4n) is 2.15. The molecule has 1 saturated heterocycles. The predicted octanol–water partition coefficient (Wildman–Crippen LogP) is 3.42. The summed E-state index contributed by atoms with van der Waals surface area (Å²) in [6.07, 6.45) is 1.39. The first-order valence-electron chi connectivity index (χ1n) is 5.47. The van der Waals surface area contributed by atoms with Crippen LogP contribution in [0.3, 0.4) is 0 Å². The molecule has 1 aliphatic rings. The largest absolute Gasteiger partial charge is 0.317 e. The first-order valence-corrected chi connectivity index (χ1v) is 5.85. The number of rotatable bonds is 1. The zero-order chi connectivity index (χ0) is 11.6. The van der Waals surface area contributed by atoms with Crippen molar-refractivity contribution < 1.29 is 8.78 Å². The lowest BCUT2D eigenvalue weighted by Crippen LogP contribution is -2.23. The summed E-state index contributed by atoms with van der Waals surface area (Å²) in [6.45, 7) is 1.37. The molecule has 0 bridgehead atoms. The molecule has 1 atom stereocenters. The summed E-state index contributed by atoms with van der Waals surface area (Å²) in [5, 5.41) is 3.42. The summed E-state index contributed by atoms with van der Waals surface area (Å²) in [5.74, 6) is -0.545. The Balaban J connectivity index is 2.33. The van der Waals surface area contributed by atoms with Gasteiger partial charge in [-0.25, -0.2) is 8.78 Å². The Hall–Kier alpha value is -0.670. The van der Waals surface area contributed by atoms with Crippen LogP contribution in [0.1, 0.15) is 24.8 Å². The van der Waals surface area contributed by atoms with Gasteiger partial charge in [-0.15, -0.1) is 0 Å². The number of hydrogen-bond acceptors (Lipinski definition) is 1. The second kappa shape index (κ2) is 4.68. The standard InChI is InChI=1S/C12H14ClF2N/c13-9-2-3-10(11(14)8-9)12(15)4-1-6-16-7-5-12/h2-3,8,16H,1,4-7H2. The molecule has 0 aliphatic carbocycles. The van der Waals surface area contributed by atoms with Crippen LogP contribution < -0.4 is 5.32 Å². The van der Waals surface area contributed by atoms with Crippen LogP contribution in [0.25, 0.3) is 0 Å². The highest BCUT2D eigenvalue weighted by atomic mass is 35.5. The average molecular weight is 246 g/mol. The molecule has 16 heavy (non-hydrogen) atoms. The second-order valence-corrected chi connectivity index (χ2v) is 4.63. The van der Waals surface area contributed by atoms with Crippen LogP contribution in [0.2, 0.25) is 5.02 Å². The van der Waals surface area contributed by atoms with Gasteiger partial charge in [-0.3, -0.25) is 0 Å². The SMILES string of the molecule is Fc1cc(Cl)ccc1C1(F)CCCNCC1. The topological polar surface area (TPSA) is 12.0 Å². The molecule has 0 spiro atoms. The van der Waals surface area contributed by atoms with E-state index in [0.717, 1.165) is 13.0 Å². The second-order valence-electron chi connectivity index (χ2n) is 4.19. The zero-order valence-corrected chi connectivity index (χ0v) is 9.66. The monoisotopic (exact) mass is 245 g/mol. The van der Waals surface area contributed by atoms with Gasteiger partial charge in [0.2, 0.25) is 0 Å². The van der Waals surface area contributed by atoms with E-state index >= 15 is 0 Å². The molecule has 88 valence electrons. The Kier molecular flexibility index (Phi) is 3.45. The Morgan fingerprint density at radius 3 is 2.81 bits per heavy atom. The number of halogens is 3. The molecule has 0 amide bonds. The minimum Gasteiger partial charge on any atom is -0.317 e. The third-order valence-electron chi connectivity index (χ3n) is 3.04. The van der Waals surface area contributed by atoms with Gasteiger partial charge in [0.1, 0.15) is 11.5 Å². The van der Waals surface area contributed by atoms with Crippen molar-refractivity contribution in [2.24, 2.45) is 0 Å². The first-order chi connectivity index (χ1) is 7.62. The van der Waals surface area contributed by atoms with E-state index in [0.29, 0.717) is 24.4 Å². The Morgan fingerprint density at radius 2 is 2.06 bits per heavy atom. The van der Waals surface area contributed by atoms with Crippen molar-refractivity contribution >= 4 is 11.6 Å². The summed E-state index contributed by atoms with van der Waals surface area (Å²) < 4.78 is 28.3. The van der Waals surface area contributed by atoms with Gasteiger partial charge in [-0.1, -0.05) is 17.7 Å². The van der Waals surface area contributed by atoms with E-state index in [1.807, 2.05) is 0 Å². The summed E-state index contributed by atoms with van der Waals surface area (Å²) >= 11 is 5.66. The molecular formula is C12H14ClF2N. The molecule has 1 aromatic carbocycles. The highest BCUT2D eigenvalue weighted by molar-refractivity contribution is 6.30. The van der Waals surface area contributed by atoms with E-state index in [4.69, 9.17) is 11.6 Å². The van der Waals surface area contributed by atoms with Gasteiger partial charge in [0.15, 0.2) is 0 Å². The fraction of sp³-hybridized carbons (Fsp3) is 0.500. The Bertz CT molecular complexity index is 373. The smallest absolute Gasteiger partial charge is 0.140 e. The lowest BCUT2D eigenvalue weighted by atomic mass is 9.88. The van der Waals surface area contributed by atoms with Gasteiger partial charge in [0, 0.05) is 10.6 Å². The van der Waals surface area contributed by atoms with Crippen molar-refractivity contribution in [3.05, 3.63) is 34.6 Å². The molecule has 1 unspecified atom stereocenters. The van der Waals surface area contributed by atoms with Crippen molar-refractivity contribution in [3.63, 3.8) is 0 Å². The van der Waals surface area contributed by atoms with Gasteiger partial charge in [-0.2, -0.15) is 0 Å². The van der Waals surface area contributed by atoms with E-state index in [-0.39, 0.29) is 5.56 Å². The van der Waals surface area contributed by atoms with Gasteiger partial charge in [0.05, 0.1) is 0 Å². The van der Waals surface area contributed by atoms with E-state index in [1.54, 1.807) is 6.07 Å². The molecule has 0 radical (unpaired) electrons. The minimum absolute atomic E-state index is 0.139. The van der Waals surface area contributed by atoms with Crippen molar-refractivity contribution in [1.82, 2.24) is 5.32 Å². The van der Waals surface area contributed by atoms with E-state index in [1.165, 1.54) is 12.1 Å². The normalized spacial score (nSPS) is 26.4. The zero-order valence-electron chi connectivity index (χ0n) is 8.90. The van der Waals surface area contributed by atoms with Crippen molar-refractivity contribution in [3.8, 4) is 0 Å². The lowest BCUT2D eigenvalue weighted by molar-refractivity contribution is 0.139. The molecule has 1 fully saturated rings. The fourth-order valence-corrected chi connectivity index (χ4v) is 2.31. The van der Waals surface area contributed by atoms with Gasteiger partial charge >= 0.3 is 0 Å². The van der Waals surface area contributed by atoms with Crippen LogP contribution in [0.5, 0.6) is 0 Å². The quantitative estimate of drug-likeness (QED) is 0.800. The number of benzene rings is 1. The maximum Gasteiger partial charge on any atom is 0.140 e. The van der Waals surface area contributed by atoms with Crippen LogP contribution >= 0.6 is 11.6 Å². The third kappa shape index (κ3) is 2.36. The molecule has 1 nitrogen and oxygen atoms in total. The highest BCUT2D eigenvalue weighted by Crippen LogP contribution is 2.37. The maximum atomic E-state index is 14.6. The number of alkyl halides is 1. The third-order valence-corrected chi connectivity index (χ3v) is 3.27. The van der Waals surface area contributed by atoms with Crippen LogP contribution in [-0.4, -0.2) is 13.1 Å². The molecule has 1 heterocycles. The summed E-state index contributed by atoms with van der Waals surface area (Å²) in [7, 11) is 0. The van der Waals surface area contributed by atoms with Crippen molar-refractivity contribution in [2.45, 2.75) is 24.9 Å². The highest BCUT2D eigenvalue weighted by Gasteiger charge is 2.34. The molecular weight excluding hydrogens is 232 g/mol. The molecule has 2 rings (SSSR count). The van der Waals surface area contributed by atoms with Gasteiger partial charge < -0.3 is 5.32 Å². The predicted molar refractivity (Wildman–Crippen MR) is 60.9 cm³/mol. The summed E-state index contributed by atoms with van der Waals surface area (Å²) in [4.78, 5) is 0. The molecule has 0 aromatic heterocycles. The minimum atomic E-state index is -1.56. The average Bonchev–Trinajstić information content (AvgIpc) is 2.43. The summed E-state index contributed by atoms with van der Waals surface area (Å²) in [5.41, 5.74) is -1.42. The Labute approximate surface area is 98.8 Å². The van der Waals surface area contributed by atoms with Crippen LogP contribution in [0.15, 0.2) is 18.2 Å². The molecule has 4 heteroatoms. The number of nitrogens with one attached hydrogen (secondary N) is 1. The van der Waals surface area contributed by atoms with Crippen molar-refractivity contribution in [1.29, 1.82) is 0 Å². The first kappa shape index (κ1) is 11.8. The van der Waals surface area contributed by atoms with Gasteiger partial charge in [0.25, 0.3) is 0 Å². The van der Waals surface area contributed by atoms with Gasteiger partial charge in [-0.05, 0) is 44.5 Å². The lowest BCUT2D eigenvalue weighted by Gasteiger charge is -2.24. The molecule has 1 aromatic rings. The van der Waals surface area contributed by atoms with Crippen LogP contribution in [-0.2, 0) is 5.67 Å². The van der Waals surface area contributed by atoms with E-state index in [2.05, 4.69) is 5.32 Å². The number of hydrogen-bond donors (Lipinski definition) is 1. The molecule has 1 aliphatic heterocycles. The van der Waals surface area contributed by atoms with Crippen molar-refractivity contribution in [2.75, 3.05) is 13.1 Å². The van der Waals surface area contributed by atoms with Crippen LogP contribution in [0.4, 0.5) is 8.78 Å². The summed E-state index contributed by atoms with van der Waals surface area (Å²) in [6, 6.07) is 4.18.